The number of ketones is 1. The van der Waals surface area contributed by atoms with E-state index < -0.39 is 5.97 Å². The van der Waals surface area contributed by atoms with Gasteiger partial charge in [-0.25, -0.2) is 0 Å². The maximum Gasteiger partial charge on any atom is 0.300 e. The number of aliphatic carboxylic acids is 1. The summed E-state index contributed by atoms with van der Waals surface area (Å²) in [4.78, 5) is 22.2. The van der Waals surface area contributed by atoms with Gasteiger partial charge in [-0.1, -0.05) is 33.3 Å². The zero-order chi connectivity index (χ0) is 21.1. The maximum atomic E-state index is 13.2. The minimum absolute atomic E-state index is 0.0240. The van der Waals surface area contributed by atoms with Crippen molar-refractivity contribution < 1.29 is 24.9 Å². The molecule has 0 spiro atoms. The molecular formula is C23H36O5. The fourth-order valence-corrected chi connectivity index (χ4v) is 7.05. The normalized spacial score (nSPS) is 46.3. The number of hydrogen-bond donors (Lipinski definition) is 3. The third kappa shape index (κ3) is 3.06. The van der Waals surface area contributed by atoms with Crippen LogP contribution >= 0.6 is 0 Å². The van der Waals surface area contributed by atoms with Crippen molar-refractivity contribution in [1.29, 1.82) is 0 Å². The number of carboxylic acid groups (broad SMARTS) is 1. The van der Waals surface area contributed by atoms with Crippen molar-refractivity contribution in [1.82, 2.24) is 0 Å². The molecule has 3 saturated carbocycles. The predicted octanol–water partition coefficient (Wildman–Crippen LogP) is 3.58. The maximum absolute atomic E-state index is 13.2. The van der Waals surface area contributed by atoms with Crippen LogP contribution in [0, 0.1) is 34.0 Å². The summed E-state index contributed by atoms with van der Waals surface area (Å²) in [5, 5.41) is 28.4. The predicted molar refractivity (Wildman–Crippen MR) is 107 cm³/mol. The Hall–Kier alpha value is -1.20. The van der Waals surface area contributed by atoms with E-state index in [0.717, 1.165) is 45.4 Å². The van der Waals surface area contributed by atoms with Crippen molar-refractivity contribution in [3.63, 3.8) is 0 Å². The smallest absolute Gasteiger partial charge is 0.300 e. The first kappa shape index (κ1) is 21.5. The Morgan fingerprint density at radius 3 is 2.18 bits per heavy atom. The molecule has 0 heterocycles. The van der Waals surface area contributed by atoms with Crippen LogP contribution in [0.15, 0.2) is 11.6 Å². The molecule has 0 bridgehead atoms. The van der Waals surface area contributed by atoms with E-state index in [1.807, 2.05) is 6.08 Å². The molecule has 3 fully saturated rings. The average molecular weight is 393 g/mol. The van der Waals surface area contributed by atoms with Gasteiger partial charge >= 0.3 is 0 Å². The molecule has 7 atom stereocenters. The second-order valence-electron chi connectivity index (χ2n) is 10.5. The van der Waals surface area contributed by atoms with Crippen molar-refractivity contribution in [2.45, 2.75) is 85.4 Å². The third-order valence-electron chi connectivity index (χ3n) is 8.73. The largest absolute Gasteiger partial charge is 0.481 e. The molecule has 0 saturated heterocycles. The molecule has 4 rings (SSSR count). The molecule has 0 aromatic heterocycles. The molecule has 0 aromatic rings. The molecule has 4 aliphatic rings. The molecule has 5 nitrogen and oxygen atoms in total. The van der Waals surface area contributed by atoms with Crippen LogP contribution in [0.4, 0.5) is 0 Å². The number of carbonyl (C=O) groups is 2. The lowest BCUT2D eigenvalue weighted by atomic mass is 9.44. The third-order valence-corrected chi connectivity index (χ3v) is 8.73. The van der Waals surface area contributed by atoms with Crippen molar-refractivity contribution in [3.8, 4) is 0 Å². The molecule has 28 heavy (non-hydrogen) atoms. The molecular weight excluding hydrogens is 356 g/mol. The van der Waals surface area contributed by atoms with E-state index in [2.05, 4.69) is 27.7 Å². The van der Waals surface area contributed by atoms with Gasteiger partial charge < -0.3 is 15.3 Å². The number of hydrogen-bond acceptors (Lipinski definition) is 4. The standard InChI is InChI=1S/C21H32O3.C2H4O2/c1-19(2)15-11-14(22)18-12-5-6-17(24)21(12,4)9-7-13(18)20(15,3)10-8-16(19)23;1-2(3)4/h11-13,16-18,23-24H,5-10H2,1-4H3;1H3,(H,3,4). The summed E-state index contributed by atoms with van der Waals surface area (Å²) in [6.45, 7) is 9.82. The van der Waals surface area contributed by atoms with Crippen LogP contribution in [-0.2, 0) is 9.59 Å². The highest BCUT2D eigenvalue weighted by Gasteiger charge is 2.62. The second kappa shape index (κ2) is 6.94. The molecule has 0 amide bonds. The number of aliphatic hydroxyl groups excluding tert-OH is 2. The van der Waals surface area contributed by atoms with Gasteiger partial charge in [0.2, 0.25) is 0 Å². The Labute approximate surface area is 168 Å². The summed E-state index contributed by atoms with van der Waals surface area (Å²) in [6, 6.07) is 0. The molecule has 7 unspecified atom stereocenters. The van der Waals surface area contributed by atoms with E-state index in [9.17, 15) is 15.0 Å². The van der Waals surface area contributed by atoms with Crippen LogP contribution in [0.25, 0.3) is 0 Å². The summed E-state index contributed by atoms with van der Waals surface area (Å²) in [5.74, 6) is 0.198. The second-order valence-corrected chi connectivity index (χ2v) is 10.5. The van der Waals surface area contributed by atoms with Crippen molar-refractivity contribution in [2.75, 3.05) is 0 Å². The molecule has 0 aromatic carbocycles. The number of aliphatic hydroxyl groups is 2. The Bertz CT molecular complexity index is 691. The SMILES string of the molecule is CC(=O)O.CC1(C)C2=CC(=O)C3C(CCC4(C)C(O)CCC34)C2(C)CCC1O. The van der Waals surface area contributed by atoms with Crippen LogP contribution < -0.4 is 0 Å². The number of rotatable bonds is 0. The van der Waals surface area contributed by atoms with Crippen molar-refractivity contribution in [3.05, 3.63) is 11.6 Å². The van der Waals surface area contributed by atoms with E-state index in [0.29, 0.717) is 11.8 Å². The zero-order valence-electron chi connectivity index (χ0n) is 17.9. The molecule has 158 valence electrons. The fraction of sp³-hybridized carbons (Fsp3) is 0.826. The number of carboxylic acids is 1. The Morgan fingerprint density at radius 2 is 1.57 bits per heavy atom. The van der Waals surface area contributed by atoms with Gasteiger partial charge in [0.25, 0.3) is 5.97 Å². The molecule has 5 heteroatoms. The van der Waals surface area contributed by atoms with Crippen LogP contribution in [-0.4, -0.2) is 39.3 Å². The molecule has 3 N–H and O–H groups in total. The van der Waals surface area contributed by atoms with Gasteiger partial charge in [0.1, 0.15) is 0 Å². The van der Waals surface area contributed by atoms with E-state index in [-0.39, 0.29) is 40.2 Å². The highest BCUT2D eigenvalue weighted by atomic mass is 16.4. The average Bonchev–Trinajstić information content (AvgIpc) is 2.89. The topological polar surface area (TPSA) is 94.8 Å². The van der Waals surface area contributed by atoms with E-state index in [1.165, 1.54) is 5.57 Å². The molecule has 0 aliphatic heterocycles. The zero-order valence-corrected chi connectivity index (χ0v) is 17.9. The van der Waals surface area contributed by atoms with Crippen molar-refractivity contribution in [2.24, 2.45) is 34.0 Å². The minimum Gasteiger partial charge on any atom is -0.481 e. The monoisotopic (exact) mass is 392 g/mol. The van der Waals surface area contributed by atoms with Gasteiger partial charge in [-0.3, -0.25) is 9.59 Å². The van der Waals surface area contributed by atoms with Gasteiger partial charge in [-0.15, -0.1) is 0 Å². The van der Waals surface area contributed by atoms with Crippen LogP contribution in [0.2, 0.25) is 0 Å². The first-order valence-corrected chi connectivity index (χ1v) is 10.7. The van der Waals surface area contributed by atoms with Crippen LogP contribution in [0.1, 0.15) is 73.1 Å². The van der Waals surface area contributed by atoms with Gasteiger partial charge in [0, 0.05) is 18.3 Å². The van der Waals surface area contributed by atoms with Crippen LogP contribution in [0.5, 0.6) is 0 Å². The summed E-state index contributed by atoms with van der Waals surface area (Å²) in [5.41, 5.74) is 0.810. The first-order chi connectivity index (χ1) is 12.9. The van der Waals surface area contributed by atoms with E-state index in [4.69, 9.17) is 9.90 Å². The Kier molecular flexibility index (Phi) is 5.33. The summed E-state index contributed by atoms with van der Waals surface area (Å²) in [6.07, 6.45) is 6.97. The van der Waals surface area contributed by atoms with Gasteiger partial charge in [-0.05, 0) is 67.3 Å². The highest BCUT2D eigenvalue weighted by Crippen LogP contribution is 2.66. The lowest BCUT2D eigenvalue weighted by Crippen LogP contribution is -2.57. The lowest BCUT2D eigenvalue weighted by Gasteiger charge is -2.60. The number of carbonyl (C=O) groups excluding carboxylic acids is 1. The first-order valence-electron chi connectivity index (χ1n) is 10.7. The minimum atomic E-state index is -0.833. The quantitative estimate of drug-likeness (QED) is 0.586. The summed E-state index contributed by atoms with van der Waals surface area (Å²) >= 11 is 0. The number of fused-ring (bicyclic) bond motifs is 5. The summed E-state index contributed by atoms with van der Waals surface area (Å²) in [7, 11) is 0. The van der Waals surface area contributed by atoms with Crippen LogP contribution in [0.3, 0.4) is 0 Å². The van der Waals surface area contributed by atoms with Gasteiger partial charge in [-0.2, -0.15) is 0 Å². The molecule has 4 aliphatic carbocycles. The Balaban J connectivity index is 0.000000516. The molecule has 0 radical (unpaired) electrons. The summed E-state index contributed by atoms with van der Waals surface area (Å²) < 4.78 is 0. The van der Waals surface area contributed by atoms with E-state index >= 15 is 0 Å². The van der Waals surface area contributed by atoms with Gasteiger partial charge in [0.15, 0.2) is 5.78 Å². The highest BCUT2D eigenvalue weighted by molar-refractivity contribution is 5.95. The lowest BCUT2D eigenvalue weighted by molar-refractivity contribution is -0.139. The van der Waals surface area contributed by atoms with Crippen molar-refractivity contribution >= 4 is 11.8 Å². The Morgan fingerprint density at radius 1 is 0.964 bits per heavy atom. The van der Waals surface area contributed by atoms with Gasteiger partial charge in [0.05, 0.1) is 12.2 Å². The van der Waals surface area contributed by atoms with E-state index in [1.54, 1.807) is 0 Å². The number of allylic oxidation sites excluding steroid dienone is 1. The fourth-order valence-electron chi connectivity index (χ4n) is 7.05.